The second-order valence-electron chi connectivity index (χ2n) is 10.5. The minimum Gasteiger partial charge on any atom is -0.491 e. The predicted molar refractivity (Wildman–Crippen MR) is 145 cm³/mol. The van der Waals surface area contributed by atoms with Crippen LogP contribution in [0.25, 0.3) is 33.4 Å². The number of ether oxygens (including phenoxy) is 2. The van der Waals surface area contributed by atoms with Crippen LogP contribution in [0.2, 0.25) is 0 Å². The summed E-state index contributed by atoms with van der Waals surface area (Å²) in [6.07, 6.45) is 7.51. The zero-order chi connectivity index (χ0) is 25.5. The number of nitrogens with zero attached hydrogens (tertiary/aromatic N) is 2. The van der Waals surface area contributed by atoms with Crippen LogP contribution in [-0.4, -0.2) is 59.5 Å². The number of pyridine rings is 1. The number of rotatable bonds is 4. The van der Waals surface area contributed by atoms with Crippen LogP contribution in [0.15, 0.2) is 48.7 Å². The van der Waals surface area contributed by atoms with Crippen LogP contribution in [0.4, 0.5) is 0 Å². The molecule has 1 aliphatic carbocycles. The van der Waals surface area contributed by atoms with Gasteiger partial charge in [0.05, 0.1) is 24.4 Å². The predicted octanol–water partition coefficient (Wildman–Crippen LogP) is 4.04. The van der Waals surface area contributed by atoms with Crippen molar-refractivity contribution < 1.29 is 14.3 Å². The van der Waals surface area contributed by atoms with E-state index in [-0.39, 0.29) is 5.91 Å². The molecule has 2 aliphatic heterocycles. The van der Waals surface area contributed by atoms with Crippen molar-refractivity contribution >= 4 is 16.9 Å². The monoisotopic (exact) mass is 509 g/mol. The van der Waals surface area contributed by atoms with E-state index in [0.29, 0.717) is 42.2 Å². The lowest BCUT2D eigenvalue weighted by atomic mass is 9.96. The molecule has 0 bridgehead atoms. The zero-order valence-corrected chi connectivity index (χ0v) is 21.3. The van der Waals surface area contributed by atoms with Crippen molar-refractivity contribution in [2.75, 3.05) is 26.4 Å². The number of aromatic amines is 1. The van der Waals surface area contributed by atoms with Crippen LogP contribution >= 0.6 is 0 Å². The average molecular weight is 510 g/mol. The lowest BCUT2D eigenvalue weighted by Gasteiger charge is -2.20. The van der Waals surface area contributed by atoms with E-state index in [1.54, 1.807) is 0 Å². The van der Waals surface area contributed by atoms with E-state index in [4.69, 9.17) is 9.47 Å². The maximum absolute atomic E-state index is 12.3. The summed E-state index contributed by atoms with van der Waals surface area (Å²) in [6.45, 7) is 2.66. The number of hydrogen-bond acceptors (Lipinski definition) is 6. The highest BCUT2D eigenvalue weighted by atomic mass is 16.5. The number of amides is 1. The Morgan fingerprint density at radius 1 is 0.895 bits per heavy atom. The molecule has 4 heterocycles. The van der Waals surface area contributed by atoms with Crippen LogP contribution < -0.4 is 15.4 Å². The summed E-state index contributed by atoms with van der Waals surface area (Å²) in [5, 5.41) is 15.2. The summed E-state index contributed by atoms with van der Waals surface area (Å²) < 4.78 is 11.4. The van der Waals surface area contributed by atoms with Crippen LogP contribution in [-0.2, 0) is 17.6 Å². The molecule has 0 spiro atoms. The molecule has 2 atom stereocenters. The first-order valence-electron chi connectivity index (χ1n) is 13.6. The molecule has 1 amide bonds. The zero-order valence-electron chi connectivity index (χ0n) is 21.3. The summed E-state index contributed by atoms with van der Waals surface area (Å²) in [6, 6.07) is 15.7. The van der Waals surface area contributed by atoms with Crippen LogP contribution in [0.5, 0.6) is 5.75 Å². The van der Waals surface area contributed by atoms with Gasteiger partial charge in [0.1, 0.15) is 12.4 Å². The molecular weight excluding hydrogens is 478 g/mol. The lowest BCUT2D eigenvalue weighted by molar-refractivity contribution is 0.0957. The average Bonchev–Trinajstić information content (AvgIpc) is 3.52. The highest BCUT2D eigenvalue weighted by Gasteiger charge is 2.23. The van der Waals surface area contributed by atoms with Gasteiger partial charge in [0.25, 0.3) is 5.91 Å². The van der Waals surface area contributed by atoms with Crippen molar-refractivity contribution in [3.8, 4) is 28.1 Å². The largest absolute Gasteiger partial charge is 0.491 e. The molecule has 0 saturated carbocycles. The standard InChI is InChI=1S/C30H31N5O3/c36-30-25-8-5-21(15-27(25)38-12-10-31-30)28-26-14-22(16-32-29(26)35-34-28)20-2-1-18-3-6-23(7-4-19(18)13-20)33-24-9-11-37-17-24/h1-2,5,8,13-16,23-24,33H,3-4,6-7,9-12,17H2,(H,31,36)(H,32,34,35)/t23?,24-/m1/s1. The highest BCUT2D eigenvalue weighted by Crippen LogP contribution is 2.34. The van der Waals surface area contributed by atoms with Crippen LogP contribution in [0.1, 0.15) is 40.7 Å². The summed E-state index contributed by atoms with van der Waals surface area (Å²) >= 11 is 0. The van der Waals surface area contributed by atoms with Crippen molar-refractivity contribution in [3.63, 3.8) is 0 Å². The molecule has 1 unspecified atom stereocenters. The molecular formula is C30H31N5O3. The molecule has 7 rings (SSSR count). The maximum Gasteiger partial charge on any atom is 0.255 e. The Labute approximate surface area is 221 Å². The fraction of sp³-hybridized carbons (Fsp3) is 0.367. The van der Waals surface area contributed by atoms with Gasteiger partial charge in [-0.05, 0) is 67.0 Å². The molecule has 4 aromatic rings. The van der Waals surface area contributed by atoms with Gasteiger partial charge < -0.3 is 20.1 Å². The van der Waals surface area contributed by atoms with E-state index in [0.717, 1.165) is 61.1 Å². The second kappa shape index (κ2) is 9.85. The minimum atomic E-state index is -0.111. The number of hydrogen-bond donors (Lipinski definition) is 3. The van der Waals surface area contributed by atoms with Crippen LogP contribution in [0, 0.1) is 0 Å². The van der Waals surface area contributed by atoms with Crippen molar-refractivity contribution in [2.45, 2.75) is 44.2 Å². The molecule has 38 heavy (non-hydrogen) atoms. The van der Waals surface area contributed by atoms with Crippen LogP contribution in [0.3, 0.4) is 0 Å². The summed E-state index contributed by atoms with van der Waals surface area (Å²) in [7, 11) is 0. The van der Waals surface area contributed by atoms with Crippen molar-refractivity contribution in [1.29, 1.82) is 0 Å². The molecule has 8 heteroatoms. The number of carbonyl (C=O) groups excluding carboxylic acids is 1. The molecule has 2 aromatic heterocycles. The number of benzene rings is 2. The van der Waals surface area contributed by atoms with E-state index in [2.05, 4.69) is 50.1 Å². The number of H-pyrrole nitrogens is 1. The number of fused-ring (bicyclic) bond motifs is 3. The van der Waals surface area contributed by atoms with Gasteiger partial charge in [0.15, 0.2) is 5.65 Å². The Hall–Kier alpha value is -3.75. The summed E-state index contributed by atoms with van der Waals surface area (Å²) in [5.74, 6) is 0.476. The number of nitrogens with one attached hydrogen (secondary N) is 3. The third kappa shape index (κ3) is 4.44. The van der Waals surface area contributed by atoms with Gasteiger partial charge in [-0.15, -0.1) is 0 Å². The maximum atomic E-state index is 12.3. The highest BCUT2D eigenvalue weighted by molar-refractivity contribution is 5.99. The van der Waals surface area contributed by atoms with Gasteiger partial charge in [-0.3, -0.25) is 9.89 Å². The Kier molecular flexibility index (Phi) is 6.06. The van der Waals surface area contributed by atoms with Crippen molar-refractivity contribution in [3.05, 3.63) is 65.4 Å². The first-order valence-corrected chi connectivity index (χ1v) is 13.6. The third-order valence-corrected chi connectivity index (χ3v) is 8.03. The SMILES string of the molecule is O=C1NCCOc2cc(-c3[nH]nc4ncc(-c5ccc6c(c5)CCC(N[C@@H]5CCOC5)CC6)cc34)ccc21. The number of aryl methyl sites for hydroxylation is 2. The van der Waals surface area contributed by atoms with Gasteiger partial charge in [-0.1, -0.05) is 24.3 Å². The molecule has 3 N–H and O–H groups in total. The Morgan fingerprint density at radius 3 is 2.68 bits per heavy atom. The first kappa shape index (κ1) is 23.4. The Bertz CT molecular complexity index is 1510. The molecule has 2 aromatic carbocycles. The van der Waals surface area contributed by atoms with E-state index < -0.39 is 0 Å². The lowest BCUT2D eigenvalue weighted by Crippen LogP contribution is -2.38. The molecule has 3 aliphatic rings. The van der Waals surface area contributed by atoms with Gasteiger partial charge in [-0.2, -0.15) is 5.10 Å². The smallest absolute Gasteiger partial charge is 0.255 e. The number of aromatic nitrogens is 3. The second-order valence-corrected chi connectivity index (χ2v) is 10.5. The van der Waals surface area contributed by atoms with Gasteiger partial charge in [-0.25, -0.2) is 4.98 Å². The van der Waals surface area contributed by atoms with E-state index in [9.17, 15) is 4.79 Å². The molecule has 194 valence electrons. The van der Waals surface area contributed by atoms with Crippen molar-refractivity contribution in [2.24, 2.45) is 0 Å². The van der Waals surface area contributed by atoms with E-state index >= 15 is 0 Å². The molecule has 1 saturated heterocycles. The Morgan fingerprint density at radius 2 is 1.79 bits per heavy atom. The van der Waals surface area contributed by atoms with E-state index in [1.165, 1.54) is 23.1 Å². The van der Waals surface area contributed by atoms with Gasteiger partial charge in [0.2, 0.25) is 0 Å². The molecule has 1 fully saturated rings. The Balaban J connectivity index is 1.17. The summed E-state index contributed by atoms with van der Waals surface area (Å²) in [4.78, 5) is 17.0. The number of carbonyl (C=O) groups is 1. The van der Waals surface area contributed by atoms with Gasteiger partial charge >= 0.3 is 0 Å². The third-order valence-electron chi connectivity index (χ3n) is 8.03. The molecule has 0 radical (unpaired) electrons. The summed E-state index contributed by atoms with van der Waals surface area (Å²) in [5.41, 5.74) is 8.11. The topological polar surface area (TPSA) is 101 Å². The fourth-order valence-corrected chi connectivity index (χ4v) is 5.94. The molecule has 8 nitrogen and oxygen atoms in total. The minimum absolute atomic E-state index is 0.111. The van der Waals surface area contributed by atoms with Crippen molar-refractivity contribution in [1.82, 2.24) is 25.8 Å². The van der Waals surface area contributed by atoms with E-state index in [1.807, 2.05) is 24.4 Å². The normalized spacial score (nSPS) is 21.2. The quantitative estimate of drug-likeness (QED) is 0.359. The first-order chi connectivity index (χ1) is 18.7. The van der Waals surface area contributed by atoms with Gasteiger partial charge in [0, 0.05) is 41.4 Å². The fourth-order valence-electron chi connectivity index (χ4n) is 5.94.